The predicted molar refractivity (Wildman–Crippen MR) is 59.9 cm³/mol. The summed E-state index contributed by atoms with van der Waals surface area (Å²) in [5, 5.41) is 3.93. The first-order valence-corrected chi connectivity index (χ1v) is 5.27. The minimum absolute atomic E-state index is 0.0250. The van der Waals surface area contributed by atoms with E-state index >= 15 is 0 Å². The van der Waals surface area contributed by atoms with Crippen molar-refractivity contribution in [2.24, 2.45) is 5.73 Å². The second kappa shape index (κ2) is 4.09. The lowest BCUT2D eigenvalue weighted by molar-refractivity contribution is 0.392. The largest absolute Gasteiger partial charge is 0.361 e. The van der Waals surface area contributed by atoms with Crippen LogP contribution in [0.3, 0.4) is 0 Å². The predicted octanol–water partition coefficient (Wildman–Crippen LogP) is 1.56. The van der Waals surface area contributed by atoms with Gasteiger partial charge in [0.25, 0.3) is 0 Å². The molecule has 0 radical (unpaired) electrons. The number of hydrogen-bond acceptors (Lipinski definition) is 4. The van der Waals surface area contributed by atoms with Crippen LogP contribution in [-0.2, 0) is 6.54 Å². The highest BCUT2D eigenvalue weighted by atomic mass is 16.5. The Bertz CT molecular complexity index is 464. The van der Waals surface area contributed by atoms with Crippen molar-refractivity contribution >= 4 is 0 Å². The maximum Gasteiger partial charge on any atom is 0.138 e. The minimum atomic E-state index is -0.0250. The van der Waals surface area contributed by atoms with Gasteiger partial charge in [-0.05, 0) is 20.8 Å². The standard InChI is InChI=1S/C11H16N4O/c1-7(12)11-4-13-6-15(11)5-10-8(2)14-16-9(10)3/h4,6-7H,5,12H2,1-3H3. The normalized spacial score (nSPS) is 13.0. The van der Waals surface area contributed by atoms with Gasteiger partial charge in [-0.15, -0.1) is 0 Å². The number of aromatic nitrogens is 3. The van der Waals surface area contributed by atoms with Crippen molar-refractivity contribution in [1.29, 1.82) is 0 Å². The molecule has 86 valence electrons. The Labute approximate surface area is 94.3 Å². The van der Waals surface area contributed by atoms with Crippen LogP contribution in [0.4, 0.5) is 0 Å². The van der Waals surface area contributed by atoms with Gasteiger partial charge in [0.15, 0.2) is 0 Å². The molecule has 0 spiro atoms. The van der Waals surface area contributed by atoms with Crippen LogP contribution in [0.25, 0.3) is 0 Å². The van der Waals surface area contributed by atoms with E-state index < -0.39 is 0 Å². The first-order chi connectivity index (χ1) is 7.59. The average Bonchev–Trinajstić information content (AvgIpc) is 2.80. The number of aryl methyl sites for hydroxylation is 2. The Morgan fingerprint density at radius 2 is 2.25 bits per heavy atom. The van der Waals surface area contributed by atoms with E-state index in [1.807, 2.05) is 25.3 Å². The topological polar surface area (TPSA) is 69.9 Å². The molecule has 0 aliphatic heterocycles. The van der Waals surface area contributed by atoms with Crippen molar-refractivity contribution in [3.05, 3.63) is 35.2 Å². The fourth-order valence-electron chi connectivity index (χ4n) is 1.74. The van der Waals surface area contributed by atoms with E-state index in [4.69, 9.17) is 10.3 Å². The molecule has 2 aromatic rings. The molecule has 0 amide bonds. The lowest BCUT2D eigenvalue weighted by Crippen LogP contribution is -2.12. The zero-order chi connectivity index (χ0) is 11.7. The third kappa shape index (κ3) is 1.86. The second-order valence-corrected chi connectivity index (χ2v) is 4.04. The summed E-state index contributed by atoms with van der Waals surface area (Å²) in [4.78, 5) is 4.12. The lowest BCUT2D eigenvalue weighted by Gasteiger charge is -2.10. The SMILES string of the molecule is Cc1noc(C)c1Cn1cncc1C(C)N. The molecule has 0 fully saturated rings. The van der Waals surface area contributed by atoms with Crippen LogP contribution >= 0.6 is 0 Å². The molecule has 2 aromatic heterocycles. The summed E-state index contributed by atoms with van der Waals surface area (Å²) < 4.78 is 7.15. The van der Waals surface area contributed by atoms with Gasteiger partial charge >= 0.3 is 0 Å². The van der Waals surface area contributed by atoms with Gasteiger partial charge in [-0.3, -0.25) is 0 Å². The smallest absolute Gasteiger partial charge is 0.138 e. The van der Waals surface area contributed by atoms with Crippen LogP contribution in [0.5, 0.6) is 0 Å². The van der Waals surface area contributed by atoms with Crippen molar-refractivity contribution in [2.75, 3.05) is 0 Å². The third-order valence-electron chi connectivity index (χ3n) is 2.72. The van der Waals surface area contributed by atoms with E-state index in [-0.39, 0.29) is 6.04 Å². The van der Waals surface area contributed by atoms with Gasteiger partial charge < -0.3 is 14.8 Å². The Morgan fingerprint density at radius 3 is 2.81 bits per heavy atom. The van der Waals surface area contributed by atoms with Crippen LogP contribution in [0, 0.1) is 13.8 Å². The summed E-state index contributed by atoms with van der Waals surface area (Å²) in [6, 6.07) is -0.0250. The third-order valence-corrected chi connectivity index (χ3v) is 2.72. The van der Waals surface area contributed by atoms with Crippen molar-refractivity contribution < 1.29 is 4.52 Å². The Balaban J connectivity index is 2.31. The average molecular weight is 220 g/mol. The molecule has 2 heterocycles. The quantitative estimate of drug-likeness (QED) is 0.852. The van der Waals surface area contributed by atoms with Gasteiger partial charge in [0.1, 0.15) is 5.76 Å². The van der Waals surface area contributed by atoms with Crippen molar-refractivity contribution in [2.45, 2.75) is 33.4 Å². The van der Waals surface area contributed by atoms with Gasteiger partial charge in [0.05, 0.1) is 24.3 Å². The molecule has 2 rings (SSSR count). The molecule has 0 bridgehead atoms. The summed E-state index contributed by atoms with van der Waals surface area (Å²) in [5.41, 5.74) is 8.89. The zero-order valence-corrected chi connectivity index (χ0v) is 9.77. The van der Waals surface area contributed by atoms with Crippen LogP contribution in [-0.4, -0.2) is 14.7 Å². The van der Waals surface area contributed by atoms with E-state index in [0.717, 1.165) is 22.7 Å². The summed E-state index contributed by atoms with van der Waals surface area (Å²) in [6.07, 6.45) is 3.58. The molecule has 0 saturated carbocycles. The number of imidazole rings is 1. The van der Waals surface area contributed by atoms with Crippen LogP contribution in [0.1, 0.15) is 35.7 Å². The molecule has 5 heteroatoms. The zero-order valence-electron chi connectivity index (χ0n) is 9.77. The highest BCUT2D eigenvalue weighted by Crippen LogP contribution is 2.16. The van der Waals surface area contributed by atoms with E-state index in [9.17, 15) is 0 Å². The Kier molecular flexibility index (Phi) is 2.78. The summed E-state index contributed by atoms with van der Waals surface area (Å²) >= 11 is 0. The van der Waals surface area contributed by atoms with Gasteiger partial charge in [-0.2, -0.15) is 0 Å². The molecule has 0 aliphatic carbocycles. The van der Waals surface area contributed by atoms with E-state index in [1.165, 1.54) is 0 Å². The van der Waals surface area contributed by atoms with Crippen molar-refractivity contribution in [3.63, 3.8) is 0 Å². The van der Waals surface area contributed by atoms with Crippen LogP contribution in [0.15, 0.2) is 17.0 Å². The number of hydrogen-bond donors (Lipinski definition) is 1. The second-order valence-electron chi connectivity index (χ2n) is 4.04. The molecule has 0 saturated heterocycles. The van der Waals surface area contributed by atoms with Crippen molar-refractivity contribution in [3.8, 4) is 0 Å². The number of rotatable bonds is 3. The van der Waals surface area contributed by atoms with Crippen molar-refractivity contribution in [1.82, 2.24) is 14.7 Å². The fourth-order valence-corrected chi connectivity index (χ4v) is 1.74. The van der Waals surface area contributed by atoms with E-state index in [0.29, 0.717) is 6.54 Å². The van der Waals surface area contributed by atoms with Crippen LogP contribution < -0.4 is 5.73 Å². The van der Waals surface area contributed by atoms with E-state index in [1.54, 1.807) is 12.5 Å². The molecular formula is C11H16N4O. The summed E-state index contributed by atoms with van der Waals surface area (Å²) in [5.74, 6) is 0.849. The Hall–Kier alpha value is -1.62. The monoisotopic (exact) mass is 220 g/mol. The number of nitrogens with zero attached hydrogens (tertiary/aromatic N) is 3. The summed E-state index contributed by atoms with van der Waals surface area (Å²) in [6.45, 7) is 6.50. The molecule has 1 atom stereocenters. The molecular weight excluding hydrogens is 204 g/mol. The molecule has 2 N–H and O–H groups in total. The molecule has 1 unspecified atom stereocenters. The van der Waals surface area contributed by atoms with Crippen LogP contribution in [0.2, 0.25) is 0 Å². The minimum Gasteiger partial charge on any atom is -0.361 e. The first-order valence-electron chi connectivity index (χ1n) is 5.27. The summed E-state index contributed by atoms with van der Waals surface area (Å²) in [7, 11) is 0. The molecule has 5 nitrogen and oxygen atoms in total. The van der Waals surface area contributed by atoms with Gasteiger partial charge in [-0.25, -0.2) is 4.98 Å². The molecule has 16 heavy (non-hydrogen) atoms. The maximum absolute atomic E-state index is 5.86. The molecule has 0 aliphatic rings. The van der Waals surface area contributed by atoms with E-state index in [2.05, 4.69) is 10.1 Å². The number of nitrogens with two attached hydrogens (primary N) is 1. The lowest BCUT2D eigenvalue weighted by atomic mass is 10.2. The molecule has 0 aromatic carbocycles. The van der Waals surface area contributed by atoms with Gasteiger partial charge in [0.2, 0.25) is 0 Å². The first kappa shape index (κ1) is 10.9. The highest BCUT2D eigenvalue weighted by Gasteiger charge is 2.12. The Morgan fingerprint density at radius 1 is 1.50 bits per heavy atom. The highest BCUT2D eigenvalue weighted by molar-refractivity contribution is 5.22. The van der Waals surface area contributed by atoms with Gasteiger partial charge in [0, 0.05) is 17.8 Å². The fraction of sp³-hybridized carbons (Fsp3) is 0.455. The van der Waals surface area contributed by atoms with Gasteiger partial charge in [-0.1, -0.05) is 5.16 Å². The maximum atomic E-state index is 5.86.